The molecule has 0 aliphatic rings. The summed E-state index contributed by atoms with van der Waals surface area (Å²) in [6.45, 7) is 1.92. The smallest absolute Gasteiger partial charge is 0.272 e. The first-order chi connectivity index (χ1) is 16.1. The number of thiophene rings is 1. The van der Waals surface area contributed by atoms with Gasteiger partial charge in [0.1, 0.15) is 5.70 Å². The zero-order valence-corrected chi connectivity index (χ0v) is 19.6. The summed E-state index contributed by atoms with van der Waals surface area (Å²) in [6, 6.07) is 28.7. The lowest BCUT2D eigenvalue weighted by Gasteiger charge is -2.14. The topological polar surface area (TPSA) is 58.2 Å². The standard InChI is InChI=1S/C27H22N2O2S2/c1-19-9-7-10-20(17-19)26(30)29-24(18-22-13-8-16-32-22)27(31)28-23-14-5-6-15-25(23)33-21-11-3-2-4-12-21/h2-18H,1H3,(H,28,31)(H,29,30)/b24-18-. The van der Waals surface area contributed by atoms with E-state index in [-0.39, 0.29) is 17.5 Å². The van der Waals surface area contributed by atoms with Crippen LogP contribution < -0.4 is 10.6 Å². The van der Waals surface area contributed by atoms with Crippen LogP contribution in [0.2, 0.25) is 0 Å². The Morgan fingerprint density at radius 3 is 2.42 bits per heavy atom. The first-order valence-electron chi connectivity index (χ1n) is 10.3. The molecular weight excluding hydrogens is 448 g/mol. The largest absolute Gasteiger partial charge is 0.320 e. The number of nitrogens with one attached hydrogen (secondary N) is 2. The third-order valence-electron chi connectivity index (χ3n) is 4.71. The van der Waals surface area contributed by atoms with E-state index >= 15 is 0 Å². The predicted octanol–water partition coefficient (Wildman–Crippen LogP) is 6.62. The number of anilines is 1. The summed E-state index contributed by atoms with van der Waals surface area (Å²) in [6.07, 6.45) is 1.70. The quantitative estimate of drug-likeness (QED) is 0.299. The Morgan fingerprint density at radius 2 is 1.67 bits per heavy atom. The molecular formula is C27H22N2O2S2. The number of carbonyl (C=O) groups is 2. The number of para-hydroxylation sites is 1. The normalized spacial score (nSPS) is 11.1. The molecule has 4 aromatic rings. The number of rotatable bonds is 7. The second kappa shape index (κ2) is 10.8. The van der Waals surface area contributed by atoms with Gasteiger partial charge < -0.3 is 10.6 Å². The van der Waals surface area contributed by atoms with Crippen LogP contribution in [0.5, 0.6) is 0 Å². The van der Waals surface area contributed by atoms with Crippen LogP contribution in [0, 0.1) is 6.92 Å². The number of carbonyl (C=O) groups excluding carboxylic acids is 2. The Morgan fingerprint density at radius 1 is 0.879 bits per heavy atom. The molecule has 33 heavy (non-hydrogen) atoms. The highest BCUT2D eigenvalue weighted by atomic mass is 32.2. The van der Waals surface area contributed by atoms with Gasteiger partial charge in [-0.15, -0.1) is 11.3 Å². The fourth-order valence-corrected chi connectivity index (χ4v) is 4.70. The van der Waals surface area contributed by atoms with E-state index < -0.39 is 0 Å². The number of benzene rings is 3. The number of amides is 2. The Labute approximate surface area is 201 Å². The molecule has 6 heteroatoms. The Bertz CT molecular complexity index is 1280. The number of hydrogen-bond donors (Lipinski definition) is 2. The van der Waals surface area contributed by atoms with Gasteiger partial charge in [0.15, 0.2) is 0 Å². The lowest BCUT2D eigenvalue weighted by Crippen LogP contribution is -2.30. The molecule has 0 fully saturated rings. The number of aryl methyl sites for hydroxylation is 1. The van der Waals surface area contributed by atoms with Gasteiger partial charge >= 0.3 is 0 Å². The zero-order chi connectivity index (χ0) is 23.0. The van der Waals surface area contributed by atoms with Gasteiger partial charge in [0.25, 0.3) is 11.8 Å². The van der Waals surface area contributed by atoms with Gasteiger partial charge in [0.05, 0.1) is 5.69 Å². The highest BCUT2D eigenvalue weighted by Crippen LogP contribution is 2.33. The van der Waals surface area contributed by atoms with Crippen molar-refractivity contribution in [3.8, 4) is 0 Å². The van der Waals surface area contributed by atoms with E-state index in [9.17, 15) is 9.59 Å². The van der Waals surface area contributed by atoms with Gasteiger partial charge in [0.2, 0.25) is 0 Å². The van der Waals surface area contributed by atoms with Crippen LogP contribution in [0.3, 0.4) is 0 Å². The molecule has 0 aliphatic heterocycles. The van der Waals surface area contributed by atoms with E-state index in [1.54, 1.807) is 30.0 Å². The molecule has 0 unspecified atom stereocenters. The van der Waals surface area contributed by atoms with Crippen molar-refractivity contribution < 1.29 is 9.59 Å². The average Bonchev–Trinajstić information content (AvgIpc) is 3.34. The Balaban J connectivity index is 1.58. The Kier molecular flexibility index (Phi) is 7.40. The molecule has 3 aromatic carbocycles. The number of hydrogen-bond acceptors (Lipinski definition) is 4. The molecule has 1 heterocycles. The van der Waals surface area contributed by atoms with Crippen LogP contribution in [0.15, 0.2) is 112 Å². The maximum atomic E-state index is 13.3. The van der Waals surface area contributed by atoms with E-state index in [0.717, 1.165) is 20.2 Å². The van der Waals surface area contributed by atoms with Crippen LogP contribution >= 0.6 is 23.1 Å². The summed E-state index contributed by atoms with van der Waals surface area (Å²) in [5.74, 6) is -0.714. The van der Waals surface area contributed by atoms with Gasteiger partial charge in [-0.1, -0.05) is 65.9 Å². The van der Waals surface area contributed by atoms with Gasteiger partial charge in [-0.25, -0.2) is 0 Å². The lowest BCUT2D eigenvalue weighted by molar-refractivity contribution is -0.113. The molecule has 0 radical (unpaired) electrons. The fourth-order valence-electron chi connectivity index (χ4n) is 3.12. The maximum absolute atomic E-state index is 13.3. The minimum absolute atomic E-state index is 0.184. The minimum atomic E-state index is -0.384. The van der Waals surface area contributed by atoms with Crippen molar-refractivity contribution in [2.75, 3.05) is 5.32 Å². The third-order valence-corrected chi connectivity index (χ3v) is 6.61. The van der Waals surface area contributed by atoms with Crippen molar-refractivity contribution in [3.63, 3.8) is 0 Å². The summed E-state index contributed by atoms with van der Waals surface area (Å²) in [7, 11) is 0. The Hall–Kier alpha value is -3.61. The molecule has 4 rings (SSSR count). The van der Waals surface area contributed by atoms with Crippen molar-refractivity contribution in [1.82, 2.24) is 5.32 Å². The fraction of sp³-hybridized carbons (Fsp3) is 0.0370. The first kappa shape index (κ1) is 22.6. The average molecular weight is 471 g/mol. The molecule has 0 aliphatic carbocycles. The molecule has 1 aromatic heterocycles. The third kappa shape index (κ3) is 6.22. The summed E-state index contributed by atoms with van der Waals surface area (Å²) < 4.78 is 0. The molecule has 4 nitrogen and oxygen atoms in total. The minimum Gasteiger partial charge on any atom is -0.320 e. The van der Waals surface area contributed by atoms with Crippen LogP contribution in [0.1, 0.15) is 20.8 Å². The predicted molar refractivity (Wildman–Crippen MR) is 137 cm³/mol. The lowest BCUT2D eigenvalue weighted by atomic mass is 10.1. The molecule has 0 saturated heterocycles. The van der Waals surface area contributed by atoms with Crippen molar-refractivity contribution >= 4 is 46.7 Å². The van der Waals surface area contributed by atoms with E-state index in [0.29, 0.717) is 11.3 Å². The first-order valence-corrected chi connectivity index (χ1v) is 12.0. The monoisotopic (exact) mass is 470 g/mol. The summed E-state index contributed by atoms with van der Waals surface area (Å²) in [5, 5.41) is 7.70. The molecule has 2 N–H and O–H groups in total. The molecule has 2 amide bonds. The van der Waals surface area contributed by atoms with Crippen LogP contribution in [0.25, 0.3) is 6.08 Å². The molecule has 0 bridgehead atoms. The van der Waals surface area contributed by atoms with Crippen LogP contribution in [0.4, 0.5) is 5.69 Å². The van der Waals surface area contributed by atoms with E-state index in [1.165, 1.54) is 11.3 Å². The van der Waals surface area contributed by atoms with Crippen molar-refractivity contribution in [3.05, 3.63) is 118 Å². The highest BCUT2D eigenvalue weighted by Gasteiger charge is 2.17. The van der Waals surface area contributed by atoms with Crippen molar-refractivity contribution in [2.24, 2.45) is 0 Å². The maximum Gasteiger partial charge on any atom is 0.272 e. The second-order valence-electron chi connectivity index (χ2n) is 7.26. The molecule has 164 valence electrons. The van der Waals surface area contributed by atoms with E-state index in [1.807, 2.05) is 91.2 Å². The van der Waals surface area contributed by atoms with Crippen molar-refractivity contribution in [1.29, 1.82) is 0 Å². The molecule has 0 spiro atoms. The molecule has 0 atom stereocenters. The van der Waals surface area contributed by atoms with Gasteiger partial charge in [-0.3, -0.25) is 9.59 Å². The van der Waals surface area contributed by atoms with Gasteiger partial charge in [-0.05, 0) is 60.8 Å². The SMILES string of the molecule is Cc1cccc(C(=O)N/C(=C\c2cccs2)C(=O)Nc2ccccc2Sc2ccccc2)c1. The second-order valence-corrected chi connectivity index (χ2v) is 9.36. The summed E-state index contributed by atoms with van der Waals surface area (Å²) >= 11 is 3.06. The summed E-state index contributed by atoms with van der Waals surface area (Å²) in [4.78, 5) is 29.0. The highest BCUT2D eigenvalue weighted by molar-refractivity contribution is 7.99. The zero-order valence-electron chi connectivity index (χ0n) is 17.9. The van der Waals surface area contributed by atoms with Crippen molar-refractivity contribution in [2.45, 2.75) is 16.7 Å². The van der Waals surface area contributed by atoms with E-state index in [2.05, 4.69) is 10.6 Å². The molecule has 0 saturated carbocycles. The van der Waals surface area contributed by atoms with Gasteiger partial charge in [0, 0.05) is 20.2 Å². The van der Waals surface area contributed by atoms with Gasteiger partial charge in [-0.2, -0.15) is 0 Å². The van der Waals surface area contributed by atoms with Crippen LogP contribution in [-0.2, 0) is 4.79 Å². The van der Waals surface area contributed by atoms with E-state index in [4.69, 9.17) is 0 Å². The summed E-state index contributed by atoms with van der Waals surface area (Å²) in [5.41, 5.74) is 2.34. The van der Waals surface area contributed by atoms with Crippen LogP contribution in [-0.4, -0.2) is 11.8 Å².